The second-order valence-corrected chi connectivity index (χ2v) is 8.60. The number of nitrogens with zero attached hydrogens (tertiary/aromatic N) is 3. The van der Waals surface area contributed by atoms with Gasteiger partial charge in [-0.05, 0) is 43.7 Å². The van der Waals surface area contributed by atoms with Crippen molar-refractivity contribution in [2.75, 3.05) is 21.0 Å². The lowest BCUT2D eigenvalue weighted by atomic mass is 10.1. The van der Waals surface area contributed by atoms with Crippen LogP contribution in [0.5, 0.6) is 23.0 Å². The quantitative estimate of drug-likeness (QED) is 0.329. The summed E-state index contributed by atoms with van der Waals surface area (Å²) in [6.07, 6.45) is 5.30. The zero-order valence-corrected chi connectivity index (χ0v) is 19.9. The largest absolute Gasteiger partial charge is 0.492 e. The van der Waals surface area contributed by atoms with Gasteiger partial charge in [-0.3, -0.25) is 4.79 Å². The topological polar surface area (TPSA) is 96.2 Å². The van der Waals surface area contributed by atoms with Crippen LogP contribution in [0.2, 0.25) is 0 Å². The standard InChI is InChI=1S/C24H22N4O5S/c1-13-9-14(2)26-24-17(13)18(28-7-5-6-8-28)22(34-24)23(29)27-25-11-15-10-16-20(33-12-32-16)21(31-4)19(15)30-3/h5-11H,12H2,1-4H3,(H,27,29)/b25-11+. The molecule has 1 N–H and O–H groups in total. The predicted octanol–water partition coefficient (Wildman–Crippen LogP) is 4.21. The molecule has 0 atom stereocenters. The van der Waals surface area contributed by atoms with E-state index in [1.807, 2.05) is 49.0 Å². The zero-order chi connectivity index (χ0) is 23.8. The molecule has 0 spiro atoms. The number of carbonyl (C=O) groups excluding carboxylic acids is 1. The number of ether oxygens (including phenoxy) is 4. The van der Waals surface area contributed by atoms with Gasteiger partial charge in [-0.2, -0.15) is 5.10 Å². The van der Waals surface area contributed by atoms with Gasteiger partial charge in [0.05, 0.1) is 26.1 Å². The highest BCUT2D eigenvalue weighted by atomic mass is 32.1. The van der Waals surface area contributed by atoms with Crippen LogP contribution in [0.15, 0.2) is 41.8 Å². The average molecular weight is 479 g/mol. The maximum Gasteiger partial charge on any atom is 0.283 e. The number of hydrogen-bond donors (Lipinski definition) is 1. The first-order valence-corrected chi connectivity index (χ1v) is 11.3. The highest BCUT2D eigenvalue weighted by molar-refractivity contribution is 7.21. The summed E-state index contributed by atoms with van der Waals surface area (Å²) in [7, 11) is 3.04. The number of thiophene rings is 1. The number of hydrogen-bond acceptors (Lipinski definition) is 8. The first-order valence-electron chi connectivity index (χ1n) is 10.4. The van der Waals surface area contributed by atoms with Gasteiger partial charge in [0, 0.05) is 29.0 Å². The Balaban J connectivity index is 1.50. The van der Waals surface area contributed by atoms with E-state index >= 15 is 0 Å². The van der Waals surface area contributed by atoms with Crippen molar-refractivity contribution in [2.45, 2.75) is 13.8 Å². The smallest absolute Gasteiger partial charge is 0.283 e. The molecule has 34 heavy (non-hydrogen) atoms. The SMILES string of the molecule is COc1c(/C=N/NC(=O)c2sc3nc(C)cc(C)c3c2-n2cccc2)cc2c(c1OC)OCO2. The van der Waals surface area contributed by atoms with Crippen molar-refractivity contribution in [3.8, 4) is 28.7 Å². The van der Waals surface area contributed by atoms with Gasteiger partial charge < -0.3 is 23.5 Å². The van der Waals surface area contributed by atoms with Crippen LogP contribution >= 0.6 is 11.3 Å². The molecule has 1 aromatic carbocycles. The molecule has 0 aliphatic carbocycles. The Morgan fingerprint density at radius 1 is 1.18 bits per heavy atom. The van der Waals surface area contributed by atoms with Crippen LogP contribution in [-0.4, -0.2) is 42.7 Å². The molecule has 1 amide bonds. The Morgan fingerprint density at radius 2 is 1.94 bits per heavy atom. The molecule has 4 aromatic rings. The number of benzene rings is 1. The predicted molar refractivity (Wildman–Crippen MR) is 129 cm³/mol. The molecule has 9 nitrogen and oxygen atoms in total. The van der Waals surface area contributed by atoms with Gasteiger partial charge >= 0.3 is 0 Å². The molecule has 1 aliphatic heterocycles. The van der Waals surface area contributed by atoms with Crippen LogP contribution < -0.4 is 24.4 Å². The maximum absolute atomic E-state index is 13.2. The lowest BCUT2D eigenvalue weighted by molar-refractivity contribution is 0.0959. The van der Waals surface area contributed by atoms with E-state index in [1.165, 1.54) is 31.8 Å². The van der Waals surface area contributed by atoms with E-state index < -0.39 is 0 Å². The maximum atomic E-state index is 13.2. The summed E-state index contributed by atoms with van der Waals surface area (Å²) in [6, 6.07) is 7.57. The van der Waals surface area contributed by atoms with Gasteiger partial charge in [-0.25, -0.2) is 10.4 Å². The summed E-state index contributed by atoms with van der Waals surface area (Å²) >= 11 is 1.34. The van der Waals surface area contributed by atoms with Crippen molar-refractivity contribution in [3.05, 3.63) is 58.4 Å². The van der Waals surface area contributed by atoms with E-state index in [2.05, 4.69) is 15.5 Å². The molecule has 0 radical (unpaired) electrons. The van der Waals surface area contributed by atoms with Crippen molar-refractivity contribution in [2.24, 2.45) is 5.10 Å². The van der Waals surface area contributed by atoms with Gasteiger partial charge in [0.25, 0.3) is 5.91 Å². The fourth-order valence-electron chi connectivity index (χ4n) is 4.02. The van der Waals surface area contributed by atoms with Crippen LogP contribution in [0.1, 0.15) is 26.5 Å². The second-order valence-electron chi connectivity index (χ2n) is 7.60. The number of amides is 1. The normalized spacial score (nSPS) is 12.5. The minimum atomic E-state index is -0.341. The molecule has 0 bridgehead atoms. The minimum Gasteiger partial charge on any atom is -0.492 e. The first-order chi connectivity index (χ1) is 16.5. The molecule has 0 unspecified atom stereocenters. The van der Waals surface area contributed by atoms with Gasteiger partial charge in [0.2, 0.25) is 18.3 Å². The van der Waals surface area contributed by atoms with Gasteiger partial charge in [0.1, 0.15) is 9.71 Å². The Labute approximate surface area is 199 Å². The van der Waals surface area contributed by atoms with E-state index in [-0.39, 0.29) is 12.7 Å². The number of carbonyl (C=O) groups is 1. The monoisotopic (exact) mass is 478 g/mol. The van der Waals surface area contributed by atoms with Crippen LogP contribution in [-0.2, 0) is 0 Å². The number of aryl methyl sites for hydroxylation is 2. The summed E-state index contributed by atoms with van der Waals surface area (Å²) in [4.78, 5) is 19.2. The highest BCUT2D eigenvalue weighted by Gasteiger charge is 2.26. The number of nitrogens with one attached hydrogen (secondary N) is 1. The molecule has 3 aromatic heterocycles. The fourth-order valence-corrected chi connectivity index (χ4v) is 5.21. The van der Waals surface area contributed by atoms with Crippen LogP contribution in [0, 0.1) is 13.8 Å². The molecule has 174 valence electrons. The molecule has 0 fully saturated rings. The van der Waals surface area contributed by atoms with E-state index in [0.717, 1.165) is 27.2 Å². The molecular weight excluding hydrogens is 456 g/mol. The second kappa shape index (κ2) is 8.71. The number of fused-ring (bicyclic) bond motifs is 2. The van der Waals surface area contributed by atoms with Crippen molar-refractivity contribution in [1.29, 1.82) is 0 Å². The van der Waals surface area contributed by atoms with Crippen LogP contribution in [0.25, 0.3) is 15.9 Å². The fraction of sp³-hybridized carbons (Fsp3) is 0.208. The third-order valence-corrected chi connectivity index (χ3v) is 6.48. The van der Waals surface area contributed by atoms with E-state index in [1.54, 1.807) is 6.07 Å². The Bertz CT molecular complexity index is 1430. The van der Waals surface area contributed by atoms with Gasteiger partial charge in [-0.15, -0.1) is 11.3 Å². The molecule has 4 heterocycles. The number of pyridine rings is 1. The van der Waals surface area contributed by atoms with Crippen molar-refractivity contribution in [1.82, 2.24) is 15.0 Å². The number of methoxy groups -OCH3 is 2. The Kier molecular flexibility index (Phi) is 5.58. The van der Waals surface area contributed by atoms with Crippen LogP contribution in [0.4, 0.5) is 0 Å². The number of hydrazone groups is 1. The molecular formula is C24H22N4O5S. The third-order valence-electron chi connectivity index (χ3n) is 5.41. The summed E-state index contributed by atoms with van der Waals surface area (Å²) in [5.74, 6) is 1.48. The molecule has 5 rings (SSSR count). The number of rotatable bonds is 6. The third kappa shape index (κ3) is 3.61. The van der Waals surface area contributed by atoms with E-state index in [9.17, 15) is 4.79 Å². The Morgan fingerprint density at radius 3 is 2.68 bits per heavy atom. The van der Waals surface area contributed by atoms with Crippen molar-refractivity contribution in [3.63, 3.8) is 0 Å². The molecule has 1 aliphatic rings. The lowest BCUT2D eigenvalue weighted by Gasteiger charge is -2.12. The molecule has 0 saturated carbocycles. The van der Waals surface area contributed by atoms with E-state index in [0.29, 0.717) is 33.4 Å². The van der Waals surface area contributed by atoms with Crippen molar-refractivity contribution < 1.29 is 23.7 Å². The van der Waals surface area contributed by atoms with E-state index in [4.69, 9.17) is 18.9 Å². The first kappa shape index (κ1) is 21.8. The summed E-state index contributed by atoms with van der Waals surface area (Å²) in [6.45, 7) is 4.06. The summed E-state index contributed by atoms with van der Waals surface area (Å²) < 4.78 is 23.8. The van der Waals surface area contributed by atoms with Gasteiger partial charge in [-0.1, -0.05) is 0 Å². The lowest BCUT2D eigenvalue weighted by Crippen LogP contribution is -2.18. The van der Waals surface area contributed by atoms with Crippen LogP contribution in [0.3, 0.4) is 0 Å². The molecule has 10 heteroatoms. The summed E-state index contributed by atoms with van der Waals surface area (Å²) in [5, 5.41) is 5.13. The number of aromatic nitrogens is 2. The zero-order valence-electron chi connectivity index (χ0n) is 19.0. The van der Waals surface area contributed by atoms with Crippen molar-refractivity contribution >= 4 is 33.7 Å². The highest BCUT2D eigenvalue weighted by Crippen LogP contribution is 2.48. The Hall–Kier alpha value is -4.05. The minimum absolute atomic E-state index is 0.0905. The molecule has 0 saturated heterocycles. The summed E-state index contributed by atoms with van der Waals surface area (Å²) in [5.41, 5.74) is 5.94. The average Bonchev–Trinajstić information content (AvgIpc) is 3.56. The van der Waals surface area contributed by atoms with Gasteiger partial charge in [0.15, 0.2) is 11.5 Å².